The van der Waals surface area contributed by atoms with Crippen LogP contribution in [-0.2, 0) is 20.7 Å². The van der Waals surface area contributed by atoms with Crippen molar-refractivity contribution >= 4 is 18.6 Å². The first kappa shape index (κ1) is 34.0. The maximum Gasteiger partial charge on any atom is 0.293 e. The van der Waals surface area contributed by atoms with Gasteiger partial charge in [0.25, 0.3) is 6.47 Å². The highest BCUT2D eigenvalue weighted by atomic mass is 16.5. The molecule has 3 N–H and O–H groups in total. The van der Waals surface area contributed by atoms with E-state index in [-0.39, 0.29) is 17.1 Å². The molecule has 0 spiro atoms. The van der Waals surface area contributed by atoms with Gasteiger partial charge in [-0.25, -0.2) is 5.43 Å². The van der Waals surface area contributed by atoms with Crippen molar-refractivity contribution < 1.29 is 19.4 Å². The largest absolute Gasteiger partial charge is 0.508 e. The molecule has 0 aromatic heterocycles. The highest BCUT2D eigenvalue weighted by molar-refractivity contribution is 5.71. The molecule has 0 aliphatic carbocycles. The van der Waals surface area contributed by atoms with Crippen molar-refractivity contribution in [2.24, 2.45) is 5.41 Å². The van der Waals surface area contributed by atoms with E-state index in [4.69, 9.17) is 4.74 Å². The van der Waals surface area contributed by atoms with E-state index in [1.165, 1.54) is 11.3 Å². The predicted octanol–water partition coefficient (Wildman–Crippen LogP) is 6.59. The molecule has 0 fully saturated rings. The first-order valence-electron chi connectivity index (χ1n) is 14.4. The Bertz CT molecular complexity index is 993. The van der Waals surface area contributed by atoms with Gasteiger partial charge in [-0.2, -0.15) is 0 Å². The summed E-state index contributed by atoms with van der Waals surface area (Å²) in [6, 6.07) is 12.4. The average Bonchev–Trinajstić information content (AvgIpc) is 2.93. The number of aromatic hydroxyl groups is 1. The zero-order chi connectivity index (χ0) is 29.3. The number of anilines is 1. The second kappa shape index (κ2) is 18.3. The Labute approximate surface area is 236 Å². The number of amides is 1. The first-order chi connectivity index (χ1) is 18.7. The molecule has 0 aliphatic rings. The number of carbonyl (C=O) groups excluding carboxylic acids is 2. The highest BCUT2D eigenvalue weighted by Crippen LogP contribution is 2.39. The number of nitrogens with zero attached hydrogens (tertiary/aromatic N) is 1. The number of rotatable bonds is 18. The van der Waals surface area contributed by atoms with Gasteiger partial charge < -0.3 is 14.7 Å². The maximum atomic E-state index is 10.7. The van der Waals surface area contributed by atoms with Gasteiger partial charge in [-0.3, -0.25) is 15.0 Å². The molecule has 39 heavy (non-hydrogen) atoms. The van der Waals surface area contributed by atoms with Crippen molar-refractivity contribution in [3.8, 4) is 16.9 Å². The van der Waals surface area contributed by atoms with E-state index >= 15 is 0 Å². The normalized spacial score (nSPS) is 11.7. The molecule has 218 valence electrons. The van der Waals surface area contributed by atoms with E-state index in [1.807, 2.05) is 26.0 Å². The number of hydrogen-bond acceptors (Lipinski definition) is 6. The summed E-state index contributed by atoms with van der Waals surface area (Å²) in [4.78, 5) is 23.2. The van der Waals surface area contributed by atoms with Crippen molar-refractivity contribution in [1.29, 1.82) is 0 Å². The molecule has 1 amide bonds. The number of carbonyl (C=O) groups is 2. The van der Waals surface area contributed by atoms with Crippen molar-refractivity contribution in [3.05, 3.63) is 47.5 Å². The third-order valence-electron chi connectivity index (χ3n) is 6.83. The Morgan fingerprint density at radius 1 is 1.03 bits per heavy atom. The van der Waals surface area contributed by atoms with Crippen molar-refractivity contribution in [2.75, 3.05) is 31.6 Å². The molecule has 7 nitrogen and oxygen atoms in total. The minimum absolute atomic E-state index is 0.141. The molecule has 2 aromatic rings. The lowest BCUT2D eigenvalue weighted by Gasteiger charge is -2.30. The van der Waals surface area contributed by atoms with Crippen LogP contribution in [0.5, 0.6) is 5.75 Å². The summed E-state index contributed by atoms with van der Waals surface area (Å²) in [7, 11) is 2.10. The number of phenols is 1. The molecule has 0 saturated heterocycles. The fourth-order valence-electron chi connectivity index (χ4n) is 4.90. The fraction of sp³-hybridized carbons (Fsp3) is 0.562. The zero-order valence-electron chi connectivity index (χ0n) is 25.2. The number of ether oxygens (including phenoxy) is 1. The van der Waals surface area contributed by atoms with Gasteiger partial charge in [-0.15, -0.1) is 0 Å². The van der Waals surface area contributed by atoms with Gasteiger partial charge in [0.2, 0.25) is 6.41 Å². The van der Waals surface area contributed by atoms with E-state index in [0.29, 0.717) is 19.5 Å². The Morgan fingerprint density at radius 2 is 1.74 bits per heavy atom. The maximum absolute atomic E-state index is 10.7. The summed E-state index contributed by atoms with van der Waals surface area (Å²) in [5.41, 5.74) is 10.9. The third kappa shape index (κ3) is 12.1. The van der Waals surface area contributed by atoms with Crippen molar-refractivity contribution in [2.45, 2.75) is 86.0 Å². The van der Waals surface area contributed by atoms with E-state index in [2.05, 4.69) is 74.8 Å². The molecular formula is C32H51N3O4. The quantitative estimate of drug-likeness (QED) is 0.112. The van der Waals surface area contributed by atoms with E-state index in [1.54, 1.807) is 0 Å². The lowest BCUT2D eigenvalue weighted by Crippen LogP contribution is -2.30. The molecule has 0 saturated carbocycles. The number of benzene rings is 2. The molecule has 0 bridgehead atoms. The second-order valence-corrected chi connectivity index (χ2v) is 10.7. The highest BCUT2D eigenvalue weighted by Gasteiger charge is 2.25. The van der Waals surface area contributed by atoms with E-state index in [9.17, 15) is 14.7 Å². The number of nitrogens with one attached hydrogen (secondary N) is 2. The Morgan fingerprint density at radius 3 is 2.41 bits per heavy atom. The standard InChI is InChI=1S/C30H45N3O4.C2H6/c1-6-33(5)29-13-12-25(18-28(29)23(2)19-30(3,4)20-37-22-35)26-15-24(16-27(36)17-26)11-9-7-8-10-14-31-32-21-34;1-2/h12-13,15-18,21-23,31,36H,6-11,14,19-20H2,1-5H3,(H,32,34);1-2H3. The number of hydrogen-bond donors (Lipinski definition) is 3. The van der Waals surface area contributed by atoms with Gasteiger partial charge in [-0.1, -0.05) is 59.6 Å². The fourth-order valence-corrected chi connectivity index (χ4v) is 4.90. The molecule has 1 atom stereocenters. The summed E-state index contributed by atoms with van der Waals surface area (Å²) in [6.45, 7) is 15.2. The Kier molecular flexibility index (Phi) is 15.9. The number of phenolic OH excluding ortho intramolecular Hbond substituents is 1. The van der Waals surface area contributed by atoms with Crippen LogP contribution in [-0.4, -0.2) is 44.7 Å². The monoisotopic (exact) mass is 541 g/mol. The number of hydrazine groups is 1. The van der Waals surface area contributed by atoms with Gasteiger partial charge in [0.15, 0.2) is 0 Å². The topological polar surface area (TPSA) is 90.9 Å². The lowest BCUT2D eigenvalue weighted by atomic mass is 9.80. The molecule has 2 aromatic carbocycles. The van der Waals surface area contributed by atoms with E-state index < -0.39 is 0 Å². The summed E-state index contributed by atoms with van der Waals surface area (Å²) in [5, 5.41) is 10.5. The molecule has 1 unspecified atom stereocenters. The Balaban J connectivity index is 0.00000371. The van der Waals surface area contributed by atoms with Gasteiger partial charge in [-0.05, 0) is 90.5 Å². The zero-order valence-corrected chi connectivity index (χ0v) is 25.2. The van der Waals surface area contributed by atoms with E-state index in [0.717, 1.165) is 68.3 Å². The SMILES string of the molecule is CC.CCN(C)c1ccc(-c2cc(O)cc(CCCCCCNNC=O)c2)cc1C(C)CC(C)(C)COC=O. The third-order valence-corrected chi connectivity index (χ3v) is 6.83. The molecule has 7 heteroatoms. The van der Waals surface area contributed by atoms with Crippen LogP contribution >= 0.6 is 0 Å². The minimum atomic E-state index is -0.141. The summed E-state index contributed by atoms with van der Waals surface area (Å²) < 4.78 is 5.09. The molecule has 0 heterocycles. The summed E-state index contributed by atoms with van der Waals surface area (Å²) in [5.74, 6) is 0.537. The minimum Gasteiger partial charge on any atom is -0.508 e. The van der Waals surface area contributed by atoms with Crippen LogP contribution in [0.1, 0.15) is 90.7 Å². The number of aryl methyl sites for hydroxylation is 1. The van der Waals surface area contributed by atoms with Crippen LogP contribution in [0, 0.1) is 5.41 Å². The summed E-state index contributed by atoms with van der Waals surface area (Å²) >= 11 is 0. The summed E-state index contributed by atoms with van der Waals surface area (Å²) in [6.07, 6.45) is 6.66. The van der Waals surface area contributed by atoms with Crippen molar-refractivity contribution in [1.82, 2.24) is 10.9 Å². The first-order valence-corrected chi connectivity index (χ1v) is 14.4. The van der Waals surface area contributed by atoms with Gasteiger partial charge >= 0.3 is 0 Å². The second-order valence-electron chi connectivity index (χ2n) is 10.7. The Hall–Kier alpha value is -3.06. The van der Waals surface area contributed by atoms with Gasteiger partial charge in [0.1, 0.15) is 5.75 Å². The smallest absolute Gasteiger partial charge is 0.293 e. The van der Waals surface area contributed by atoms with Gasteiger partial charge in [0.05, 0.1) is 6.61 Å². The molecule has 0 aliphatic heterocycles. The number of unbranched alkanes of at least 4 members (excludes halogenated alkanes) is 3. The molecule has 0 radical (unpaired) electrons. The van der Waals surface area contributed by atoms with Crippen molar-refractivity contribution in [3.63, 3.8) is 0 Å². The van der Waals surface area contributed by atoms with Gasteiger partial charge in [0, 0.05) is 25.8 Å². The van der Waals surface area contributed by atoms with Crippen LogP contribution < -0.4 is 15.8 Å². The van der Waals surface area contributed by atoms with Crippen LogP contribution in [0.15, 0.2) is 36.4 Å². The lowest BCUT2D eigenvalue weighted by molar-refractivity contribution is -0.131. The van der Waals surface area contributed by atoms with Crippen LogP contribution in [0.25, 0.3) is 11.1 Å². The van der Waals surface area contributed by atoms with Crippen LogP contribution in [0.3, 0.4) is 0 Å². The molecular weight excluding hydrogens is 490 g/mol. The van der Waals surface area contributed by atoms with Crippen LogP contribution in [0.4, 0.5) is 5.69 Å². The average molecular weight is 542 g/mol. The van der Waals surface area contributed by atoms with Crippen LogP contribution in [0.2, 0.25) is 0 Å². The molecule has 2 rings (SSSR count). The predicted molar refractivity (Wildman–Crippen MR) is 162 cm³/mol.